The minimum Gasteiger partial charge on any atom is -0.480 e. The van der Waals surface area contributed by atoms with Crippen molar-refractivity contribution in [2.45, 2.75) is 112 Å². The van der Waals surface area contributed by atoms with Crippen molar-refractivity contribution < 1.29 is 27.9 Å². The first-order valence-electron chi connectivity index (χ1n) is 15.8. The number of benzene rings is 2. The maximum Gasteiger partial charge on any atom is 0.326 e. The molecule has 2 aromatic carbocycles. The molecule has 1 amide bonds. The van der Waals surface area contributed by atoms with Gasteiger partial charge in [0.05, 0.1) is 10.3 Å². The third-order valence-electron chi connectivity index (χ3n) is 8.42. The van der Waals surface area contributed by atoms with Crippen molar-refractivity contribution in [3.63, 3.8) is 0 Å². The summed E-state index contributed by atoms with van der Waals surface area (Å²) in [6.07, 6.45) is 8.40. The van der Waals surface area contributed by atoms with E-state index >= 15 is 0 Å². The zero-order chi connectivity index (χ0) is 32.6. The van der Waals surface area contributed by atoms with E-state index in [1.165, 1.54) is 46.8 Å². The van der Waals surface area contributed by atoms with Crippen LogP contribution < -0.4 is 5.32 Å². The van der Waals surface area contributed by atoms with Crippen molar-refractivity contribution in [3.8, 4) is 0 Å². The molecule has 11 heteroatoms. The zero-order valence-corrected chi connectivity index (χ0v) is 28.0. The summed E-state index contributed by atoms with van der Waals surface area (Å²) in [5.41, 5.74) is 2.87. The molecule has 1 fully saturated rings. The molecule has 9 nitrogen and oxygen atoms in total. The highest BCUT2D eigenvalue weighted by Crippen LogP contribution is 2.46. The molecule has 0 aliphatic carbocycles. The molecule has 45 heavy (non-hydrogen) atoms. The molecule has 0 spiro atoms. The van der Waals surface area contributed by atoms with Gasteiger partial charge >= 0.3 is 5.97 Å². The van der Waals surface area contributed by atoms with Crippen molar-refractivity contribution in [2.24, 2.45) is 4.99 Å². The Morgan fingerprint density at radius 3 is 2.36 bits per heavy atom. The van der Waals surface area contributed by atoms with E-state index in [1.54, 1.807) is 51.1 Å². The van der Waals surface area contributed by atoms with E-state index in [4.69, 9.17) is 0 Å². The Hall–Kier alpha value is -3.02. The van der Waals surface area contributed by atoms with Crippen molar-refractivity contribution >= 4 is 45.2 Å². The summed E-state index contributed by atoms with van der Waals surface area (Å²) in [6.45, 7) is 6.27. The van der Waals surface area contributed by atoms with Gasteiger partial charge in [-0.3, -0.25) is 14.6 Å². The van der Waals surface area contributed by atoms with Gasteiger partial charge in [0.15, 0.2) is 0 Å². The Morgan fingerprint density at radius 2 is 1.71 bits per heavy atom. The molecule has 3 atom stereocenters. The molecule has 0 bridgehead atoms. The largest absolute Gasteiger partial charge is 0.480 e. The van der Waals surface area contributed by atoms with E-state index < -0.39 is 44.1 Å². The number of nitrogens with one attached hydrogen (secondary N) is 1. The highest BCUT2D eigenvalue weighted by atomic mass is 32.2. The molecule has 1 saturated heterocycles. The van der Waals surface area contributed by atoms with Crippen LogP contribution in [0, 0.1) is 0 Å². The predicted octanol–water partition coefficient (Wildman–Crippen LogP) is 5.42. The number of unbranched alkanes of at least 4 members (excludes halogenated alkanes) is 2. The van der Waals surface area contributed by atoms with E-state index in [2.05, 4.69) is 10.3 Å². The summed E-state index contributed by atoms with van der Waals surface area (Å²) in [5.74, 6) is -1.69. The third kappa shape index (κ3) is 9.26. The first kappa shape index (κ1) is 34.8. The number of carboxylic acid groups (broad SMARTS) is 1. The summed E-state index contributed by atoms with van der Waals surface area (Å²) in [5, 5.41) is 12.1. The van der Waals surface area contributed by atoms with Crippen molar-refractivity contribution in [1.82, 2.24) is 9.62 Å². The molecule has 4 rings (SSSR count). The van der Waals surface area contributed by atoms with Gasteiger partial charge in [0.25, 0.3) is 0 Å². The van der Waals surface area contributed by atoms with Crippen LogP contribution in [0.25, 0.3) is 0 Å². The van der Waals surface area contributed by atoms with Crippen LogP contribution in [-0.2, 0) is 37.2 Å². The van der Waals surface area contributed by atoms with Gasteiger partial charge in [0.1, 0.15) is 17.9 Å². The highest BCUT2D eigenvalue weighted by Gasteiger charge is 2.55. The van der Waals surface area contributed by atoms with Crippen molar-refractivity contribution in [1.29, 1.82) is 0 Å². The Labute approximate surface area is 271 Å². The number of hydrogen-bond acceptors (Lipinski definition) is 7. The number of hydrogen-bond donors (Lipinski definition) is 2. The van der Waals surface area contributed by atoms with Gasteiger partial charge in [0.2, 0.25) is 15.9 Å². The number of aliphatic carboxylic acids is 1. The number of sulfonamides is 1. The van der Waals surface area contributed by atoms with Crippen LogP contribution in [0.2, 0.25) is 0 Å². The van der Waals surface area contributed by atoms with Gasteiger partial charge < -0.3 is 10.4 Å². The average Bonchev–Trinajstić information content (AvgIpc) is 3.26. The van der Waals surface area contributed by atoms with Gasteiger partial charge in [-0.25, -0.2) is 13.2 Å². The van der Waals surface area contributed by atoms with Crippen molar-refractivity contribution in [2.75, 3.05) is 6.54 Å². The monoisotopic (exact) mass is 655 g/mol. The molecular formula is C34H45N3O6S2. The number of carboxylic acids is 1. The molecular weight excluding hydrogens is 611 g/mol. The van der Waals surface area contributed by atoms with Crippen LogP contribution in [0.1, 0.15) is 83.3 Å². The smallest absolute Gasteiger partial charge is 0.326 e. The predicted molar refractivity (Wildman–Crippen MR) is 178 cm³/mol. The lowest BCUT2D eigenvalue weighted by Gasteiger charge is -2.31. The maximum absolute atomic E-state index is 13.6. The van der Waals surface area contributed by atoms with E-state index in [0.29, 0.717) is 18.4 Å². The van der Waals surface area contributed by atoms with Gasteiger partial charge in [-0.2, -0.15) is 4.31 Å². The summed E-state index contributed by atoms with van der Waals surface area (Å²) >= 11 is 1.35. The van der Waals surface area contributed by atoms with Gasteiger partial charge in [0, 0.05) is 36.3 Å². The molecule has 2 heterocycles. The summed E-state index contributed by atoms with van der Waals surface area (Å²) in [7, 11) is -4.02. The number of rotatable bonds is 15. The molecule has 2 N–H and O–H groups in total. The normalized spacial score (nSPS) is 20.7. The number of ketones is 1. The highest BCUT2D eigenvalue weighted by molar-refractivity contribution is 8.02. The van der Waals surface area contributed by atoms with Gasteiger partial charge in [-0.15, -0.1) is 11.8 Å². The molecule has 0 aromatic heterocycles. The SMILES string of the molecule is CC1SC(C)(C)[C@@H](C(=O)NC(Cc2ccc(CC(=O)CCCCCC3=NCCCC3)cc2)C(=O)O)N1S(=O)(=O)c1ccccc1. The topological polar surface area (TPSA) is 133 Å². The van der Waals surface area contributed by atoms with Crippen molar-refractivity contribution in [3.05, 3.63) is 65.7 Å². The van der Waals surface area contributed by atoms with E-state index in [9.17, 15) is 27.9 Å². The van der Waals surface area contributed by atoms with Crippen LogP contribution in [0.3, 0.4) is 0 Å². The van der Waals surface area contributed by atoms with Gasteiger partial charge in [-0.05, 0) is 82.6 Å². The number of carbonyl (C=O) groups excluding carboxylic acids is 2. The van der Waals surface area contributed by atoms with Gasteiger partial charge in [-0.1, -0.05) is 48.9 Å². The van der Waals surface area contributed by atoms with E-state index in [1.807, 2.05) is 12.1 Å². The van der Waals surface area contributed by atoms with Crippen LogP contribution in [0.15, 0.2) is 64.5 Å². The maximum atomic E-state index is 13.6. The van der Waals surface area contributed by atoms with Crippen LogP contribution in [0.5, 0.6) is 0 Å². The summed E-state index contributed by atoms with van der Waals surface area (Å²) in [4.78, 5) is 43.1. The average molecular weight is 656 g/mol. The second-order valence-corrected chi connectivity index (χ2v) is 16.3. The van der Waals surface area contributed by atoms with Crippen LogP contribution >= 0.6 is 11.8 Å². The Bertz CT molecular complexity index is 1480. The molecule has 0 saturated carbocycles. The number of nitrogens with zero attached hydrogens (tertiary/aromatic N) is 2. The zero-order valence-electron chi connectivity index (χ0n) is 26.4. The Balaban J connectivity index is 1.33. The fourth-order valence-corrected chi connectivity index (χ4v) is 9.90. The molecule has 2 aromatic rings. The summed E-state index contributed by atoms with van der Waals surface area (Å²) < 4.78 is 27.6. The lowest BCUT2D eigenvalue weighted by molar-refractivity contribution is -0.142. The Morgan fingerprint density at radius 1 is 1.02 bits per heavy atom. The second-order valence-electron chi connectivity index (χ2n) is 12.5. The molecule has 2 aliphatic rings. The fraction of sp³-hybridized carbons (Fsp3) is 0.529. The number of carbonyl (C=O) groups is 3. The lowest BCUT2D eigenvalue weighted by Crippen LogP contribution is -2.57. The van der Waals surface area contributed by atoms with Crippen LogP contribution in [0.4, 0.5) is 0 Å². The molecule has 2 unspecified atom stereocenters. The number of thioether (sulfide) groups is 1. The number of amides is 1. The van der Waals surface area contributed by atoms with E-state index in [-0.39, 0.29) is 17.1 Å². The first-order valence-corrected chi connectivity index (χ1v) is 18.1. The van der Waals surface area contributed by atoms with Crippen LogP contribution in [-0.4, -0.2) is 70.0 Å². The van der Waals surface area contributed by atoms with E-state index in [0.717, 1.165) is 44.2 Å². The minimum atomic E-state index is -4.02. The molecule has 0 radical (unpaired) electrons. The number of aliphatic imine (C=N–C) groups is 1. The number of Topliss-reactive ketones (excluding diaryl/α,β-unsaturated/α-hetero) is 1. The quantitative estimate of drug-likeness (QED) is 0.245. The first-order chi connectivity index (χ1) is 21.4. The standard InChI is InChI=1S/C34H45N3O6S2/c1-24-37(45(42,43)29-15-8-5-9-16-29)31(34(2,3)44-24)32(39)36-30(33(40)41)23-26-19-17-25(18-20-26)22-28(38)14-7-4-6-12-27-13-10-11-21-35-27/h5,8-9,15-20,24,30-31H,4,6-7,10-14,21-23H2,1-3H3,(H,36,39)(H,40,41)/t24?,30?,31-/m1/s1. The molecule has 2 aliphatic heterocycles. The Kier molecular flexibility index (Phi) is 12.0. The summed E-state index contributed by atoms with van der Waals surface area (Å²) in [6, 6.07) is 12.8. The minimum absolute atomic E-state index is 0.0157. The molecule has 244 valence electrons. The fourth-order valence-electron chi connectivity index (χ4n) is 6.14. The second kappa shape index (κ2) is 15.5. The third-order valence-corrected chi connectivity index (χ3v) is 11.9. The lowest BCUT2D eigenvalue weighted by atomic mass is 9.98.